The van der Waals surface area contributed by atoms with Gasteiger partial charge in [-0.3, -0.25) is 14.5 Å². The van der Waals surface area contributed by atoms with Crippen molar-refractivity contribution >= 4 is 17.5 Å². The van der Waals surface area contributed by atoms with Crippen LogP contribution in [-0.4, -0.2) is 29.3 Å². The monoisotopic (exact) mass is 286 g/mol. The molecule has 21 heavy (non-hydrogen) atoms. The van der Waals surface area contributed by atoms with Gasteiger partial charge in [0, 0.05) is 18.7 Å². The first-order valence-corrected chi connectivity index (χ1v) is 7.62. The molecule has 1 aromatic rings. The fraction of sp³-hybridized carbons (Fsp3) is 0.529. The summed E-state index contributed by atoms with van der Waals surface area (Å²) in [6.45, 7) is 6.59. The van der Waals surface area contributed by atoms with Crippen LogP contribution >= 0.6 is 0 Å². The highest BCUT2D eigenvalue weighted by molar-refractivity contribution is 6.06. The first-order valence-electron chi connectivity index (χ1n) is 7.62. The average Bonchev–Trinajstić information content (AvgIpc) is 2.69. The van der Waals surface area contributed by atoms with Gasteiger partial charge in [0.15, 0.2) is 0 Å². The zero-order valence-corrected chi connectivity index (χ0v) is 12.8. The number of benzene rings is 1. The van der Waals surface area contributed by atoms with E-state index in [1.807, 2.05) is 39.0 Å². The molecule has 0 saturated carbocycles. The molecule has 1 fully saturated rings. The maximum Gasteiger partial charge on any atom is 0.236 e. The Labute approximate surface area is 125 Å². The van der Waals surface area contributed by atoms with Crippen LogP contribution in [0.25, 0.3) is 0 Å². The summed E-state index contributed by atoms with van der Waals surface area (Å²) in [5, 5.41) is 3.34. The summed E-state index contributed by atoms with van der Waals surface area (Å²) in [4.78, 5) is 26.7. The van der Waals surface area contributed by atoms with Crippen LogP contribution in [0, 0.1) is 11.3 Å². The van der Waals surface area contributed by atoms with Crippen molar-refractivity contribution in [1.82, 2.24) is 4.90 Å². The number of nitrogens with zero attached hydrogens (tertiary/aromatic N) is 1. The lowest BCUT2D eigenvalue weighted by molar-refractivity contribution is -0.144. The van der Waals surface area contributed by atoms with E-state index in [2.05, 4.69) is 11.4 Å². The van der Waals surface area contributed by atoms with E-state index >= 15 is 0 Å². The van der Waals surface area contributed by atoms with E-state index in [4.69, 9.17) is 0 Å². The fourth-order valence-corrected chi connectivity index (χ4v) is 3.29. The Hall–Kier alpha value is -1.84. The second-order valence-electron chi connectivity index (χ2n) is 6.71. The molecule has 1 aromatic carbocycles. The second-order valence-corrected chi connectivity index (χ2v) is 6.71. The van der Waals surface area contributed by atoms with E-state index in [1.54, 1.807) is 0 Å². The molecule has 2 heterocycles. The number of hydrogen-bond donors (Lipinski definition) is 1. The van der Waals surface area contributed by atoms with Gasteiger partial charge in [0.2, 0.25) is 11.8 Å². The third kappa shape index (κ3) is 2.13. The molecule has 0 spiro atoms. The van der Waals surface area contributed by atoms with Crippen LogP contribution in [0.15, 0.2) is 24.3 Å². The largest absolute Gasteiger partial charge is 0.383 e. The van der Waals surface area contributed by atoms with Crippen molar-refractivity contribution in [3.63, 3.8) is 0 Å². The maximum atomic E-state index is 12.8. The quantitative estimate of drug-likeness (QED) is 0.850. The van der Waals surface area contributed by atoms with E-state index in [-0.39, 0.29) is 23.8 Å². The zero-order chi connectivity index (χ0) is 15.2. The van der Waals surface area contributed by atoms with Crippen molar-refractivity contribution in [3.8, 4) is 0 Å². The highest BCUT2D eigenvalue weighted by Crippen LogP contribution is 2.41. The summed E-state index contributed by atoms with van der Waals surface area (Å²) in [6.07, 6.45) is 1.08. The van der Waals surface area contributed by atoms with Gasteiger partial charge in [0.1, 0.15) is 0 Å². The van der Waals surface area contributed by atoms with Gasteiger partial charge in [-0.1, -0.05) is 32.0 Å². The lowest BCUT2D eigenvalue weighted by Crippen LogP contribution is -2.48. The molecule has 0 bridgehead atoms. The third-order valence-electron chi connectivity index (χ3n) is 5.13. The number of anilines is 1. The summed E-state index contributed by atoms with van der Waals surface area (Å²) in [5.41, 5.74) is 1.74. The minimum Gasteiger partial charge on any atom is -0.383 e. The molecule has 4 nitrogen and oxygen atoms in total. The first-order chi connectivity index (χ1) is 9.93. The van der Waals surface area contributed by atoms with Gasteiger partial charge in [-0.25, -0.2) is 0 Å². The molecule has 2 aliphatic rings. The molecule has 3 rings (SSSR count). The highest BCUT2D eigenvalue weighted by Gasteiger charge is 2.52. The topological polar surface area (TPSA) is 49.4 Å². The Morgan fingerprint density at radius 1 is 1.29 bits per heavy atom. The predicted molar refractivity (Wildman–Crippen MR) is 81.8 cm³/mol. The van der Waals surface area contributed by atoms with Gasteiger partial charge in [0.05, 0.1) is 11.5 Å². The molecule has 2 unspecified atom stereocenters. The Kier molecular flexibility index (Phi) is 3.27. The smallest absolute Gasteiger partial charge is 0.236 e. The van der Waals surface area contributed by atoms with E-state index < -0.39 is 5.41 Å². The summed E-state index contributed by atoms with van der Waals surface area (Å²) in [5.74, 6) is 0.138. The number of carbonyl (C=O) groups is 2. The molecule has 1 N–H and O–H groups in total. The van der Waals surface area contributed by atoms with Gasteiger partial charge in [-0.15, -0.1) is 0 Å². The number of fused-ring (bicyclic) bond motifs is 1. The number of imide groups is 1. The Bertz CT molecular complexity index is 596. The van der Waals surface area contributed by atoms with E-state index in [0.717, 1.165) is 12.1 Å². The number of nitrogens with one attached hydrogen (secondary N) is 1. The number of amides is 2. The SMILES string of the molecule is CC(C)C1(C)CC(=O)N(C2CNc3ccccc3C2)C1=O. The summed E-state index contributed by atoms with van der Waals surface area (Å²) >= 11 is 0. The molecule has 0 aromatic heterocycles. The van der Waals surface area contributed by atoms with Crippen LogP contribution in [0.4, 0.5) is 5.69 Å². The molecule has 2 amide bonds. The van der Waals surface area contributed by atoms with Crippen LogP contribution in [-0.2, 0) is 16.0 Å². The maximum absolute atomic E-state index is 12.8. The second kappa shape index (κ2) is 4.86. The highest BCUT2D eigenvalue weighted by atomic mass is 16.2. The zero-order valence-electron chi connectivity index (χ0n) is 12.8. The standard InChI is InChI=1S/C17H22N2O2/c1-11(2)17(3)9-15(20)19(16(17)21)13-8-12-6-4-5-7-14(12)18-10-13/h4-7,11,13,18H,8-10H2,1-3H3. The van der Waals surface area contributed by atoms with E-state index in [9.17, 15) is 9.59 Å². The number of para-hydroxylation sites is 1. The van der Waals surface area contributed by atoms with Crippen LogP contribution in [0.1, 0.15) is 32.8 Å². The molecule has 2 atom stereocenters. The number of likely N-dealkylation sites (tertiary alicyclic amines) is 1. The predicted octanol–water partition coefficient (Wildman–Crippen LogP) is 2.44. The lowest BCUT2D eigenvalue weighted by atomic mass is 9.77. The fourth-order valence-electron chi connectivity index (χ4n) is 3.29. The average molecular weight is 286 g/mol. The minimum atomic E-state index is -0.548. The van der Waals surface area contributed by atoms with Crippen LogP contribution in [0.5, 0.6) is 0 Å². The van der Waals surface area contributed by atoms with E-state index in [1.165, 1.54) is 10.5 Å². The van der Waals surface area contributed by atoms with Gasteiger partial charge >= 0.3 is 0 Å². The summed E-state index contributed by atoms with van der Waals surface area (Å²) in [6, 6.07) is 8.02. The Morgan fingerprint density at radius 2 is 2.00 bits per heavy atom. The van der Waals surface area contributed by atoms with Crippen LogP contribution in [0.2, 0.25) is 0 Å². The molecule has 4 heteroatoms. The number of hydrogen-bond acceptors (Lipinski definition) is 3. The third-order valence-corrected chi connectivity index (χ3v) is 5.13. The molecular weight excluding hydrogens is 264 g/mol. The summed E-state index contributed by atoms with van der Waals surface area (Å²) in [7, 11) is 0. The normalized spacial score (nSPS) is 28.8. The van der Waals surface area contributed by atoms with Crippen molar-refractivity contribution in [2.45, 2.75) is 39.7 Å². The number of rotatable bonds is 2. The van der Waals surface area contributed by atoms with Gasteiger partial charge in [-0.05, 0) is 30.9 Å². The van der Waals surface area contributed by atoms with Gasteiger partial charge < -0.3 is 5.32 Å². The number of carbonyl (C=O) groups excluding carboxylic acids is 2. The van der Waals surface area contributed by atoms with Gasteiger partial charge in [-0.2, -0.15) is 0 Å². The molecule has 0 radical (unpaired) electrons. The minimum absolute atomic E-state index is 0.00585. The van der Waals surface area contributed by atoms with Gasteiger partial charge in [0.25, 0.3) is 0 Å². The van der Waals surface area contributed by atoms with Crippen molar-refractivity contribution < 1.29 is 9.59 Å². The first kappa shape index (κ1) is 14.1. The summed E-state index contributed by atoms with van der Waals surface area (Å²) < 4.78 is 0. The van der Waals surface area contributed by atoms with Crippen molar-refractivity contribution in [1.29, 1.82) is 0 Å². The molecule has 0 aliphatic carbocycles. The van der Waals surface area contributed by atoms with Crippen LogP contribution in [0.3, 0.4) is 0 Å². The molecule has 2 aliphatic heterocycles. The van der Waals surface area contributed by atoms with Crippen LogP contribution < -0.4 is 5.32 Å². The Morgan fingerprint density at radius 3 is 2.67 bits per heavy atom. The van der Waals surface area contributed by atoms with Crippen molar-refractivity contribution in [2.75, 3.05) is 11.9 Å². The molecule has 1 saturated heterocycles. The molecular formula is C17H22N2O2. The lowest BCUT2D eigenvalue weighted by Gasteiger charge is -2.34. The Balaban J connectivity index is 1.86. The van der Waals surface area contributed by atoms with Crippen molar-refractivity contribution in [2.24, 2.45) is 11.3 Å². The molecule has 112 valence electrons. The van der Waals surface area contributed by atoms with Crippen molar-refractivity contribution in [3.05, 3.63) is 29.8 Å². The van der Waals surface area contributed by atoms with E-state index in [0.29, 0.717) is 13.0 Å².